The van der Waals surface area contributed by atoms with E-state index < -0.39 is 0 Å². The van der Waals surface area contributed by atoms with Crippen LogP contribution in [0.5, 0.6) is 0 Å². The summed E-state index contributed by atoms with van der Waals surface area (Å²) in [7, 11) is 0. The van der Waals surface area contributed by atoms with Gasteiger partial charge in [-0.3, -0.25) is 15.3 Å². The zero-order valence-electron chi connectivity index (χ0n) is 35.4. The summed E-state index contributed by atoms with van der Waals surface area (Å²) in [5.74, 6) is 2.06. The SMILES string of the molecule is Brc1cc(Br)[nH]n1.Brc1n[nH]c(Br)c1Br.Clc1cccnc1-n1ccc(Br)n1.Clc1cccnc1-n1nc(Br)cc1Br.Clc1cccnc1Cl.O=C=O.[C-]#[N+]c1cc(Br)nn1-c1ncccc1Cl.c1cn[nH]c1. The van der Waals surface area contributed by atoms with E-state index in [1.165, 1.54) is 4.68 Å². The number of carbonyl (C=O) groups excluding carboxylic acids is 2. The number of rotatable bonds is 3. The smallest absolute Gasteiger partial charge is 0.362 e. The van der Waals surface area contributed by atoms with Crippen LogP contribution < -0.4 is 0 Å². The van der Waals surface area contributed by atoms with Crippen molar-refractivity contribution in [1.82, 2.24) is 79.9 Å². The molecule has 0 amide bonds. The van der Waals surface area contributed by atoms with E-state index in [4.69, 9.17) is 74.2 Å². The molecule has 10 rings (SSSR count). The van der Waals surface area contributed by atoms with Gasteiger partial charge >= 0.3 is 6.15 Å². The second-order valence-corrected chi connectivity index (χ2v) is 21.1. The maximum absolute atomic E-state index is 8.12. The molecule has 378 valence electrons. The van der Waals surface area contributed by atoms with Crippen LogP contribution in [-0.2, 0) is 9.59 Å². The lowest BCUT2D eigenvalue weighted by Crippen LogP contribution is -2.00. The molecule has 10 aromatic rings. The lowest BCUT2D eigenvalue weighted by atomic mass is 10.4. The van der Waals surface area contributed by atoms with E-state index in [-0.39, 0.29) is 6.15 Å². The van der Waals surface area contributed by atoms with E-state index in [1.807, 2.05) is 24.3 Å². The van der Waals surface area contributed by atoms with Crippen LogP contribution in [0.2, 0.25) is 25.2 Å². The fourth-order valence-electron chi connectivity index (χ4n) is 4.24. The van der Waals surface area contributed by atoms with Crippen LogP contribution >= 0.6 is 201 Å². The Morgan fingerprint density at radius 3 is 1.42 bits per heavy atom. The first kappa shape index (κ1) is 63.8. The first-order valence-electron chi connectivity index (χ1n) is 18.6. The minimum atomic E-state index is 0.250. The Bertz CT molecular complexity index is 3230. The van der Waals surface area contributed by atoms with Crippen LogP contribution in [0.1, 0.15) is 0 Å². The van der Waals surface area contributed by atoms with Gasteiger partial charge in [0.2, 0.25) is 5.82 Å². The summed E-state index contributed by atoms with van der Waals surface area (Å²) in [6.45, 7) is 6.99. The molecular weight excluding hydrogens is 1650 g/mol. The molecule has 0 aromatic carbocycles. The Kier molecular flexibility index (Phi) is 30.5. The van der Waals surface area contributed by atoms with Crippen LogP contribution in [0.15, 0.2) is 164 Å². The standard InChI is InChI=1S/C9H4BrClN4.C8H4Br2ClN3.C8H5BrClN3.C5H3Cl2N.C3HBr3N2.C3H2Br2N2.C3H4N2.CO2/c1-12-8-5-7(10)14-15(8)9-6(11)3-2-4-13-9;9-6-4-7(10)14(13-6)8-5(11)2-1-3-12-8;9-7-3-5-13(12-7)8-6(10)2-1-4-11-8;6-4-2-1-3-8-5(4)7;4-1-2(5)7-8-3(1)6;4-2-1-3(5)7-6-2;1-2-4-5-3-1;2-1-3/h2-5H;1-4H;1-5H;1-3H;(H,7,8);1H,(H,6,7);1-3H,(H,4,5);. The molecule has 0 unspecified atom stereocenters. The number of H-pyrrole nitrogens is 3. The van der Waals surface area contributed by atoms with Crippen molar-refractivity contribution in [2.24, 2.45) is 0 Å². The minimum absolute atomic E-state index is 0.250. The molecule has 19 nitrogen and oxygen atoms in total. The molecule has 10 heterocycles. The number of hydrogen-bond donors (Lipinski definition) is 3. The van der Waals surface area contributed by atoms with Crippen LogP contribution in [0, 0.1) is 6.57 Å². The molecule has 73 heavy (non-hydrogen) atoms. The van der Waals surface area contributed by atoms with Gasteiger partial charge < -0.3 is 4.85 Å². The van der Waals surface area contributed by atoms with E-state index in [0.29, 0.717) is 53.1 Å². The summed E-state index contributed by atoms with van der Waals surface area (Å²) in [5.41, 5.74) is 0. The van der Waals surface area contributed by atoms with E-state index in [0.717, 1.165) is 36.7 Å². The monoisotopic (exact) mass is 1660 g/mol. The van der Waals surface area contributed by atoms with Crippen molar-refractivity contribution in [2.75, 3.05) is 0 Å². The van der Waals surface area contributed by atoms with Crippen LogP contribution in [0.4, 0.5) is 5.82 Å². The molecule has 0 aliphatic carbocycles. The molecule has 0 atom stereocenters. The van der Waals surface area contributed by atoms with E-state index >= 15 is 0 Å². The molecule has 33 heteroatoms. The van der Waals surface area contributed by atoms with Crippen LogP contribution in [-0.4, -0.2) is 86.0 Å². The van der Waals surface area contributed by atoms with Crippen molar-refractivity contribution in [3.63, 3.8) is 0 Å². The summed E-state index contributed by atoms with van der Waals surface area (Å²) in [6.07, 6.45) is 12.0. The average molecular weight is 1670 g/mol. The Hall–Kier alpha value is -3.50. The van der Waals surface area contributed by atoms with Crippen molar-refractivity contribution < 1.29 is 9.59 Å². The van der Waals surface area contributed by atoms with Gasteiger partial charge in [0.05, 0.1) is 19.5 Å². The first-order chi connectivity index (χ1) is 34.9. The highest BCUT2D eigenvalue weighted by Crippen LogP contribution is 2.28. The second-order valence-electron chi connectivity index (χ2n) is 11.9. The summed E-state index contributed by atoms with van der Waals surface area (Å²) in [6, 6.07) is 22.9. The third-order valence-electron chi connectivity index (χ3n) is 7.06. The highest BCUT2D eigenvalue weighted by Gasteiger charge is 2.15. The molecule has 3 N–H and O–H groups in total. The predicted octanol–water partition coefficient (Wildman–Crippen LogP) is 16.2. The molecule has 0 saturated carbocycles. The third kappa shape index (κ3) is 23.1. The Balaban J connectivity index is 0.000000228. The van der Waals surface area contributed by atoms with Crippen molar-refractivity contribution in [3.8, 4) is 17.5 Å². The summed E-state index contributed by atoms with van der Waals surface area (Å²) < 4.78 is 11.8. The van der Waals surface area contributed by atoms with Crippen molar-refractivity contribution in [3.05, 3.63) is 200 Å². The number of halogens is 14. The number of aromatic nitrogens is 16. The lowest BCUT2D eigenvalue weighted by molar-refractivity contribution is -0.191. The molecule has 0 aliphatic rings. The fraction of sp³-hybridized carbons (Fsp3) is 0. The maximum Gasteiger partial charge on any atom is 0.373 e. The Morgan fingerprint density at radius 1 is 0.562 bits per heavy atom. The molecule has 0 saturated heterocycles. The number of aromatic amines is 3. The number of nitrogens with zero attached hydrogens (tertiary/aromatic N) is 14. The van der Waals surface area contributed by atoms with Gasteiger partial charge in [-0.15, -0.1) is 4.68 Å². The molecule has 0 spiro atoms. The third-order valence-corrected chi connectivity index (χ3v) is 14.2. The van der Waals surface area contributed by atoms with Gasteiger partial charge in [0.15, 0.2) is 11.6 Å². The van der Waals surface area contributed by atoms with Crippen molar-refractivity contribution in [2.45, 2.75) is 0 Å². The minimum Gasteiger partial charge on any atom is -0.362 e. The summed E-state index contributed by atoms with van der Waals surface area (Å²) in [4.78, 5) is 35.6. The topological polar surface area (TPSA) is 230 Å². The summed E-state index contributed by atoms with van der Waals surface area (Å²) >= 11 is 58.0. The molecule has 0 bridgehead atoms. The Labute approximate surface area is 514 Å². The molecule has 10 aromatic heterocycles. The van der Waals surface area contributed by atoms with Crippen LogP contribution in [0.25, 0.3) is 22.3 Å². The van der Waals surface area contributed by atoms with Gasteiger partial charge in [0.1, 0.15) is 47.0 Å². The molecule has 0 aliphatic heterocycles. The summed E-state index contributed by atoms with van der Waals surface area (Å²) in [5, 5.41) is 34.0. The maximum atomic E-state index is 8.12. The van der Waals surface area contributed by atoms with Gasteiger partial charge in [-0.05, 0) is 210 Å². The normalized spacial score (nSPS) is 9.55. The van der Waals surface area contributed by atoms with Gasteiger partial charge in [0, 0.05) is 55.5 Å². The first-order valence-corrected chi connectivity index (χ1v) is 27.6. The number of hydrogen-bond acceptors (Lipinski definition) is 12. The number of nitrogens with one attached hydrogen (secondary N) is 3. The largest absolute Gasteiger partial charge is 0.373 e. The number of pyridine rings is 4. The van der Waals surface area contributed by atoms with E-state index in [1.54, 1.807) is 107 Å². The predicted molar refractivity (Wildman–Crippen MR) is 310 cm³/mol. The van der Waals surface area contributed by atoms with Crippen molar-refractivity contribution in [1.29, 1.82) is 0 Å². The fourth-order valence-corrected chi connectivity index (χ4v) is 8.82. The van der Waals surface area contributed by atoms with Gasteiger partial charge in [0.25, 0.3) is 5.82 Å². The molecule has 0 radical (unpaired) electrons. The zero-order valence-corrected chi connectivity index (χ0v) is 53.5. The highest BCUT2D eigenvalue weighted by atomic mass is 79.9. The quantitative estimate of drug-likeness (QED) is 0.111. The van der Waals surface area contributed by atoms with E-state index in [9.17, 15) is 0 Å². The zero-order chi connectivity index (χ0) is 53.9. The van der Waals surface area contributed by atoms with Gasteiger partial charge in [-0.25, -0.2) is 29.3 Å². The molecule has 0 fully saturated rings. The second kappa shape index (κ2) is 34.9. The van der Waals surface area contributed by atoms with Crippen LogP contribution in [0.3, 0.4) is 0 Å². The van der Waals surface area contributed by atoms with Gasteiger partial charge in [-0.2, -0.15) is 35.1 Å². The lowest BCUT2D eigenvalue weighted by Gasteiger charge is -2.02. The van der Waals surface area contributed by atoms with Crippen molar-refractivity contribution >= 4 is 213 Å². The van der Waals surface area contributed by atoms with E-state index in [2.05, 4.69) is 214 Å². The average Bonchev–Trinajstić information content (AvgIpc) is 4.27. The Morgan fingerprint density at radius 2 is 1.10 bits per heavy atom. The molecular formula is C40H23Br9Cl5N17O2. The highest BCUT2D eigenvalue weighted by molar-refractivity contribution is 9.14. The van der Waals surface area contributed by atoms with Gasteiger partial charge in [-0.1, -0.05) is 69.7 Å².